The molecular weight excluding hydrogens is 602 g/mol. The minimum atomic E-state index is 0.176. The normalized spacial score (nSPS) is 11.6. The van der Waals surface area contributed by atoms with Crippen LogP contribution in [0.5, 0.6) is 0 Å². The lowest BCUT2D eigenvalue weighted by Crippen LogP contribution is -1.97. The van der Waals surface area contributed by atoms with Crippen molar-refractivity contribution in [1.29, 1.82) is 0 Å². The highest BCUT2D eigenvalue weighted by molar-refractivity contribution is 7.26. The first-order valence-corrected chi connectivity index (χ1v) is 16.3. The maximum atomic E-state index is 6.54. The summed E-state index contributed by atoms with van der Waals surface area (Å²) in [6.07, 6.45) is 0. The minimum Gasteiger partial charge on any atom is -0.208 e. The largest absolute Gasteiger partial charge is 0.226 e. The lowest BCUT2D eigenvalue weighted by Gasteiger charge is -2.12. The van der Waals surface area contributed by atoms with Crippen LogP contribution in [0.4, 0.5) is 0 Å². The lowest BCUT2D eigenvalue weighted by atomic mass is 9.92. The van der Waals surface area contributed by atoms with Gasteiger partial charge in [0, 0.05) is 31.3 Å². The van der Waals surface area contributed by atoms with Gasteiger partial charge in [-0.2, -0.15) is 9.97 Å². The van der Waals surface area contributed by atoms with Crippen molar-refractivity contribution in [2.45, 2.75) is 0 Å². The monoisotopic (exact) mass is 625 g/mol. The van der Waals surface area contributed by atoms with E-state index in [1.807, 2.05) is 12.1 Å². The summed E-state index contributed by atoms with van der Waals surface area (Å²) >= 11 is 8.29. The molecule has 46 heavy (non-hydrogen) atoms. The third kappa shape index (κ3) is 4.54. The van der Waals surface area contributed by atoms with E-state index in [0.717, 1.165) is 27.0 Å². The molecule has 2 aromatic heterocycles. The van der Waals surface area contributed by atoms with Crippen LogP contribution in [0.1, 0.15) is 0 Å². The van der Waals surface area contributed by atoms with Crippen molar-refractivity contribution in [2.75, 3.05) is 0 Å². The smallest absolute Gasteiger partial charge is 0.208 e. The predicted molar refractivity (Wildman–Crippen MR) is 194 cm³/mol. The number of halogens is 1. The maximum Gasteiger partial charge on any atom is 0.226 e. The van der Waals surface area contributed by atoms with Crippen molar-refractivity contribution >= 4 is 64.7 Å². The molecule has 3 nitrogen and oxygen atoms in total. The number of thiophene rings is 1. The van der Waals surface area contributed by atoms with Crippen LogP contribution >= 0.6 is 22.9 Å². The van der Waals surface area contributed by atoms with Crippen molar-refractivity contribution in [2.24, 2.45) is 0 Å². The Bertz CT molecular complexity index is 2620. The molecule has 2 heterocycles. The molecule has 0 N–H and O–H groups in total. The van der Waals surface area contributed by atoms with E-state index in [2.05, 4.69) is 143 Å². The van der Waals surface area contributed by atoms with E-state index in [1.165, 1.54) is 48.1 Å². The van der Waals surface area contributed by atoms with Gasteiger partial charge in [-0.1, -0.05) is 121 Å². The highest BCUT2D eigenvalue weighted by Crippen LogP contribution is 2.40. The van der Waals surface area contributed by atoms with E-state index < -0.39 is 0 Å². The molecule has 0 amide bonds. The van der Waals surface area contributed by atoms with Crippen molar-refractivity contribution in [3.63, 3.8) is 0 Å². The fourth-order valence-corrected chi connectivity index (χ4v) is 7.89. The molecule has 0 spiro atoms. The molecule has 0 saturated carbocycles. The number of hydrogen-bond acceptors (Lipinski definition) is 4. The number of aromatic nitrogens is 3. The number of hydrogen-bond donors (Lipinski definition) is 0. The Balaban J connectivity index is 1.12. The molecule has 7 aromatic carbocycles. The summed E-state index contributed by atoms with van der Waals surface area (Å²) in [5.41, 5.74) is 6.52. The Morgan fingerprint density at radius 2 is 1.02 bits per heavy atom. The third-order valence-corrected chi connectivity index (χ3v) is 10.1. The van der Waals surface area contributed by atoms with Crippen molar-refractivity contribution < 1.29 is 0 Å². The van der Waals surface area contributed by atoms with E-state index >= 15 is 0 Å². The maximum absolute atomic E-state index is 6.54. The summed E-state index contributed by atoms with van der Waals surface area (Å²) in [6, 6.07) is 51.4. The average molecular weight is 626 g/mol. The molecular formula is C41H24ClN3S. The van der Waals surface area contributed by atoms with Gasteiger partial charge in [0.1, 0.15) is 0 Å². The molecule has 0 fully saturated rings. The second-order valence-corrected chi connectivity index (χ2v) is 12.8. The molecule has 0 bridgehead atoms. The highest BCUT2D eigenvalue weighted by Gasteiger charge is 2.16. The zero-order chi connectivity index (χ0) is 30.6. The molecule has 9 rings (SSSR count). The topological polar surface area (TPSA) is 38.7 Å². The summed E-state index contributed by atoms with van der Waals surface area (Å²) in [6.45, 7) is 0. The van der Waals surface area contributed by atoms with Gasteiger partial charge >= 0.3 is 0 Å². The fourth-order valence-electron chi connectivity index (χ4n) is 6.52. The summed E-state index contributed by atoms with van der Waals surface area (Å²) in [5.74, 6) is 1.12. The molecule has 216 valence electrons. The standard InChI is InChI=1S/C41H24ClN3S/c42-41-44-39(43-40(45-41)36-19-8-18-35-34-15-3-4-20-37(34)46-38(35)36)29-13-5-11-26(24-29)27-21-22-31-28(23-27)12-7-17-33(31)32-16-6-10-25-9-1-2-14-30(25)32/h1-24H. The Labute approximate surface area is 274 Å². The fraction of sp³-hybridized carbons (Fsp3) is 0. The summed E-state index contributed by atoms with van der Waals surface area (Å²) in [5, 5.41) is 7.52. The van der Waals surface area contributed by atoms with Gasteiger partial charge in [-0.25, -0.2) is 4.98 Å². The molecule has 0 atom stereocenters. The molecule has 0 saturated heterocycles. The molecule has 0 unspecified atom stereocenters. The zero-order valence-electron chi connectivity index (χ0n) is 24.5. The number of fused-ring (bicyclic) bond motifs is 5. The van der Waals surface area contributed by atoms with Crippen LogP contribution in [0, 0.1) is 0 Å². The highest BCUT2D eigenvalue weighted by atomic mass is 35.5. The van der Waals surface area contributed by atoms with Gasteiger partial charge in [0.25, 0.3) is 0 Å². The average Bonchev–Trinajstić information content (AvgIpc) is 3.50. The first-order chi connectivity index (χ1) is 22.7. The van der Waals surface area contributed by atoms with Crippen LogP contribution in [0.2, 0.25) is 5.28 Å². The van der Waals surface area contributed by atoms with Gasteiger partial charge in [0.15, 0.2) is 11.6 Å². The van der Waals surface area contributed by atoms with Crippen LogP contribution in [-0.2, 0) is 0 Å². The van der Waals surface area contributed by atoms with E-state index in [1.54, 1.807) is 11.3 Å². The van der Waals surface area contributed by atoms with Gasteiger partial charge in [-0.15, -0.1) is 11.3 Å². The number of nitrogens with zero attached hydrogens (tertiary/aromatic N) is 3. The first kappa shape index (κ1) is 26.9. The van der Waals surface area contributed by atoms with Gasteiger partial charge in [-0.3, -0.25) is 0 Å². The van der Waals surface area contributed by atoms with E-state index in [-0.39, 0.29) is 5.28 Å². The summed E-state index contributed by atoms with van der Waals surface area (Å²) in [7, 11) is 0. The van der Waals surface area contributed by atoms with Crippen LogP contribution in [0.25, 0.3) is 86.7 Å². The minimum absolute atomic E-state index is 0.176. The molecule has 5 heteroatoms. The van der Waals surface area contributed by atoms with E-state index in [4.69, 9.17) is 16.6 Å². The quantitative estimate of drug-likeness (QED) is 0.195. The van der Waals surface area contributed by atoms with Crippen LogP contribution in [-0.4, -0.2) is 15.0 Å². The van der Waals surface area contributed by atoms with Crippen molar-refractivity contribution in [1.82, 2.24) is 15.0 Å². The Hall–Kier alpha value is -5.42. The van der Waals surface area contributed by atoms with Crippen molar-refractivity contribution in [3.05, 3.63) is 151 Å². The summed E-state index contributed by atoms with van der Waals surface area (Å²) < 4.78 is 2.38. The van der Waals surface area contributed by atoms with Gasteiger partial charge in [0.2, 0.25) is 5.28 Å². The first-order valence-electron chi connectivity index (χ1n) is 15.1. The SMILES string of the molecule is Clc1nc(-c2cccc(-c3ccc4c(-c5cccc6ccccc56)cccc4c3)c2)nc(-c2cccc3c2sc2ccccc23)n1. The molecule has 0 aliphatic heterocycles. The zero-order valence-corrected chi connectivity index (χ0v) is 26.1. The molecule has 0 aliphatic rings. The van der Waals surface area contributed by atoms with Crippen LogP contribution in [0.15, 0.2) is 146 Å². The second-order valence-electron chi connectivity index (χ2n) is 11.4. The van der Waals surface area contributed by atoms with Gasteiger partial charge < -0.3 is 0 Å². The van der Waals surface area contributed by atoms with Crippen molar-refractivity contribution in [3.8, 4) is 45.0 Å². The van der Waals surface area contributed by atoms with E-state index in [9.17, 15) is 0 Å². The molecule has 9 aromatic rings. The molecule has 0 aliphatic carbocycles. The lowest BCUT2D eigenvalue weighted by molar-refractivity contribution is 1.07. The predicted octanol–water partition coefficient (Wildman–Crippen LogP) is 11.9. The second kappa shape index (κ2) is 10.9. The number of benzene rings is 7. The van der Waals surface area contributed by atoms with E-state index in [0.29, 0.717) is 11.6 Å². The Morgan fingerprint density at radius 1 is 0.413 bits per heavy atom. The molecule has 0 radical (unpaired) electrons. The third-order valence-electron chi connectivity index (χ3n) is 8.67. The van der Waals surface area contributed by atoms with Gasteiger partial charge in [0.05, 0.1) is 0 Å². The Morgan fingerprint density at radius 3 is 1.91 bits per heavy atom. The Kier molecular flexibility index (Phi) is 6.37. The van der Waals surface area contributed by atoms with Gasteiger partial charge in [-0.05, 0) is 79.7 Å². The number of rotatable bonds is 4. The summed E-state index contributed by atoms with van der Waals surface area (Å²) in [4.78, 5) is 14.1. The van der Waals surface area contributed by atoms with Crippen LogP contribution in [0.3, 0.4) is 0 Å². The van der Waals surface area contributed by atoms with Crippen LogP contribution < -0.4 is 0 Å².